The quantitative estimate of drug-likeness (QED) is 0.485. The summed E-state index contributed by atoms with van der Waals surface area (Å²) in [4.78, 5) is 24.3. The predicted molar refractivity (Wildman–Crippen MR) is 79.4 cm³/mol. The summed E-state index contributed by atoms with van der Waals surface area (Å²) in [7, 11) is 0. The molecule has 0 radical (unpaired) electrons. The average Bonchev–Trinajstić information content (AvgIpc) is 2.41. The Hall–Kier alpha value is -1.43. The van der Waals surface area contributed by atoms with Crippen molar-refractivity contribution in [3.8, 4) is 0 Å². The lowest BCUT2D eigenvalue weighted by Crippen LogP contribution is -2.26. The van der Waals surface area contributed by atoms with Crippen LogP contribution in [-0.4, -0.2) is 11.6 Å². The molecule has 0 saturated carbocycles. The number of halogens is 1. The van der Waals surface area contributed by atoms with Crippen LogP contribution in [0.5, 0.6) is 0 Å². The maximum atomic E-state index is 12.2. The molecule has 0 aromatic heterocycles. The Balaban J connectivity index is 2.49. The van der Waals surface area contributed by atoms with Crippen molar-refractivity contribution in [1.82, 2.24) is 0 Å². The molecule has 3 nitrogen and oxygen atoms in total. The Morgan fingerprint density at radius 1 is 1.06 bits per heavy atom. The number of rotatable bonds is 1. The van der Waals surface area contributed by atoms with Gasteiger partial charge < -0.3 is 3.53 Å². The summed E-state index contributed by atoms with van der Waals surface area (Å²) in [6.45, 7) is 1.68. The van der Waals surface area contributed by atoms with Gasteiger partial charge in [0.1, 0.15) is 0 Å². The first kappa shape index (κ1) is 11.6. The Bertz CT molecular complexity index is 671. The number of benzene rings is 2. The molecule has 3 rings (SSSR count). The van der Waals surface area contributed by atoms with E-state index in [1.807, 2.05) is 41.1 Å². The van der Waals surface area contributed by atoms with Crippen LogP contribution in [0.1, 0.15) is 27.6 Å². The molecule has 0 saturated heterocycles. The van der Waals surface area contributed by atoms with Gasteiger partial charge in [-0.05, 0) is 19.1 Å². The van der Waals surface area contributed by atoms with E-state index < -0.39 is 5.92 Å². The van der Waals surface area contributed by atoms with Crippen molar-refractivity contribution in [3.05, 3.63) is 41.5 Å². The third kappa shape index (κ3) is 1.41. The lowest BCUT2D eigenvalue weighted by atomic mass is 9.80. The van der Waals surface area contributed by atoms with E-state index in [2.05, 4.69) is 3.53 Å². The van der Waals surface area contributed by atoms with E-state index in [0.717, 1.165) is 16.5 Å². The maximum Gasteiger partial charge on any atom is 0.174 e. The van der Waals surface area contributed by atoms with Crippen LogP contribution < -0.4 is 3.53 Å². The summed E-state index contributed by atoms with van der Waals surface area (Å²) >= 11 is 2.05. The molecule has 0 amide bonds. The van der Waals surface area contributed by atoms with Gasteiger partial charge >= 0.3 is 0 Å². The summed E-state index contributed by atoms with van der Waals surface area (Å²) < 4.78 is 3.06. The Morgan fingerprint density at radius 3 is 2.39 bits per heavy atom. The number of hydrogen-bond donors (Lipinski definition) is 1. The van der Waals surface area contributed by atoms with E-state index in [4.69, 9.17) is 0 Å². The Kier molecular flexibility index (Phi) is 2.62. The number of carbonyl (C=O) groups excluding carboxylic acids is 2. The second-order valence-corrected chi connectivity index (χ2v) is 4.97. The number of hydrogen-bond acceptors (Lipinski definition) is 3. The molecular formula is C14H10INO2. The molecule has 0 heterocycles. The SMILES string of the molecule is CC1C(=O)c2cccc3c(NI)ccc(c23)C1=O. The fourth-order valence-electron chi connectivity index (χ4n) is 2.49. The van der Waals surface area contributed by atoms with Gasteiger partial charge in [0.15, 0.2) is 11.6 Å². The van der Waals surface area contributed by atoms with Gasteiger partial charge in [0, 0.05) is 21.9 Å². The molecule has 1 unspecified atom stereocenters. The minimum atomic E-state index is -0.568. The second-order valence-electron chi connectivity index (χ2n) is 4.43. The molecule has 0 spiro atoms. The van der Waals surface area contributed by atoms with Gasteiger partial charge in [0.05, 0.1) is 34.5 Å². The Morgan fingerprint density at radius 2 is 1.72 bits per heavy atom. The molecule has 1 N–H and O–H groups in total. The molecular weight excluding hydrogens is 341 g/mol. The number of ketones is 2. The van der Waals surface area contributed by atoms with Crippen LogP contribution in [0, 0.1) is 5.92 Å². The molecule has 0 bridgehead atoms. The van der Waals surface area contributed by atoms with E-state index in [-0.39, 0.29) is 11.6 Å². The van der Waals surface area contributed by atoms with Crippen molar-refractivity contribution in [3.63, 3.8) is 0 Å². The minimum absolute atomic E-state index is 0.0799. The zero-order valence-corrected chi connectivity index (χ0v) is 11.8. The zero-order chi connectivity index (χ0) is 12.9. The molecule has 18 heavy (non-hydrogen) atoms. The molecule has 0 aliphatic heterocycles. The summed E-state index contributed by atoms with van der Waals surface area (Å²) in [6.07, 6.45) is 0. The first-order chi connectivity index (χ1) is 8.65. The van der Waals surface area contributed by atoms with Crippen LogP contribution >= 0.6 is 22.9 Å². The van der Waals surface area contributed by atoms with Gasteiger partial charge in [0.25, 0.3) is 0 Å². The molecule has 1 aliphatic carbocycles. The molecule has 2 aromatic carbocycles. The lowest BCUT2D eigenvalue weighted by Gasteiger charge is -2.21. The van der Waals surface area contributed by atoms with Gasteiger partial charge in [0.2, 0.25) is 0 Å². The van der Waals surface area contributed by atoms with E-state index in [0.29, 0.717) is 11.1 Å². The van der Waals surface area contributed by atoms with Crippen LogP contribution in [0.25, 0.3) is 10.8 Å². The first-order valence-electron chi connectivity index (χ1n) is 5.66. The molecule has 4 heteroatoms. The van der Waals surface area contributed by atoms with Gasteiger partial charge in [-0.25, -0.2) is 0 Å². The van der Waals surface area contributed by atoms with Crippen molar-refractivity contribution in [2.24, 2.45) is 5.92 Å². The number of nitrogens with one attached hydrogen (secondary N) is 1. The number of anilines is 1. The second kappa shape index (κ2) is 4.05. The van der Waals surface area contributed by atoms with Gasteiger partial charge in [-0.1, -0.05) is 18.2 Å². The van der Waals surface area contributed by atoms with Crippen LogP contribution in [0.15, 0.2) is 30.3 Å². The molecule has 2 aromatic rings. The molecule has 0 fully saturated rings. The minimum Gasteiger partial charge on any atom is -0.328 e. The van der Waals surface area contributed by atoms with Crippen LogP contribution in [-0.2, 0) is 0 Å². The van der Waals surface area contributed by atoms with Crippen molar-refractivity contribution < 1.29 is 9.59 Å². The van der Waals surface area contributed by atoms with Crippen LogP contribution in [0.2, 0.25) is 0 Å². The first-order valence-corrected chi connectivity index (χ1v) is 6.74. The monoisotopic (exact) mass is 351 g/mol. The van der Waals surface area contributed by atoms with Crippen molar-refractivity contribution in [2.45, 2.75) is 6.92 Å². The summed E-state index contributed by atoms with van der Waals surface area (Å²) in [5.41, 5.74) is 2.23. The van der Waals surface area contributed by atoms with Crippen molar-refractivity contribution in [2.75, 3.05) is 3.53 Å². The standard InChI is InChI=1S/C14H10INO2/c1-7-13(17)9-4-2-3-8-11(16-15)6-5-10(12(8)9)14(7)18/h2-7,16H,1H3. The molecule has 1 atom stereocenters. The van der Waals surface area contributed by atoms with E-state index in [1.54, 1.807) is 19.1 Å². The predicted octanol–water partition coefficient (Wildman–Crippen LogP) is 3.62. The highest BCUT2D eigenvalue weighted by Crippen LogP contribution is 2.36. The van der Waals surface area contributed by atoms with Crippen LogP contribution in [0.4, 0.5) is 5.69 Å². The molecule has 1 aliphatic rings. The van der Waals surface area contributed by atoms with E-state index in [9.17, 15) is 9.59 Å². The van der Waals surface area contributed by atoms with Crippen molar-refractivity contribution in [1.29, 1.82) is 0 Å². The summed E-state index contributed by atoms with van der Waals surface area (Å²) in [5.74, 6) is -0.728. The van der Waals surface area contributed by atoms with Crippen LogP contribution in [0.3, 0.4) is 0 Å². The summed E-state index contributed by atoms with van der Waals surface area (Å²) in [5, 5.41) is 1.71. The topological polar surface area (TPSA) is 46.2 Å². The van der Waals surface area contributed by atoms with Gasteiger partial charge in [-0.3, -0.25) is 9.59 Å². The smallest absolute Gasteiger partial charge is 0.174 e. The zero-order valence-electron chi connectivity index (χ0n) is 9.66. The third-order valence-corrected chi connectivity index (χ3v) is 4.04. The highest BCUT2D eigenvalue weighted by Gasteiger charge is 2.32. The van der Waals surface area contributed by atoms with Crippen molar-refractivity contribution >= 4 is 50.9 Å². The Labute approximate surface area is 118 Å². The maximum absolute atomic E-state index is 12.2. The highest BCUT2D eigenvalue weighted by atomic mass is 127. The van der Waals surface area contributed by atoms with Gasteiger partial charge in [-0.15, -0.1) is 0 Å². The normalized spacial score (nSPS) is 18.2. The van der Waals surface area contributed by atoms with E-state index in [1.165, 1.54) is 0 Å². The third-order valence-electron chi connectivity index (χ3n) is 3.46. The average molecular weight is 351 g/mol. The van der Waals surface area contributed by atoms with E-state index >= 15 is 0 Å². The fraction of sp³-hybridized carbons (Fsp3) is 0.143. The fourth-order valence-corrected chi connectivity index (χ4v) is 2.96. The lowest BCUT2D eigenvalue weighted by molar-refractivity contribution is 0.0816. The van der Waals surface area contributed by atoms with Gasteiger partial charge in [-0.2, -0.15) is 0 Å². The largest absolute Gasteiger partial charge is 0.328 e. The highest BCUT2D eigenvalue weighted by molar-refractivity contribution is 14.1. The summed E-state index contributed by atoms with van der Waals surface area (Å²) in [6, 6.07) is 9.28. The number of carbonyl (C=O) groups is 2. The molecule has 90 valence electrons. The number of Topliss-reactive ketones (excluding diaryl/α,β-unsaturated/α-hetero) is 2.